The molecule has 0 spiro atoms. The molecule has 0 saturated carbocycles. The Balaban J connectivity index is 2.92. The number of allylic oxidation sites excluding steroid dienone is 3. The van der Waals surface area contributed by atoms with Crippen LogP contribution in [-0.4, -0.2) is 17.4 Å². The third-order valence-corrected chi connectivity index (χ3v) is 5.16. The normalized spacial score (nSPS) is 12.4. The molecule has 0 aromatic carbocycles. The van der Waals surface area contributed by atoms with Crippen LogP contribution in [0.15, 0.2) is 40.6 Å². The van der Waals surface area contributed by atoms with Gasteiger partial charge in [0.1, 0.15) is 4.60 Å². The molecule has 21 heavy (non-hydrogen) atoms. The molecule has 7 heteroatoms. The van der Waals surface area contributed by atoms with E-state index in [4.69, 9.17) is 5.26 Å². The summed E-state index contributed by atoms with van der Waals surface area (Å²) in [6.07, 6.45) is 4.44. The summed E-state index contributed by atoms with van der Waals surface area (Å²) in [6.45, 7) is 6.71. The maximum atomic E-state index is 12.4. The Morgan fingerprint density at radius 2 is 2.19 bits per heavy atom. The van der Waals surface area contributed by atoms with E-state index >= 15 is 0 Å². The number of aromatic nitrogens is 2. The number of halogens is 1. The van der Waals surface area contributed by atoms with Crippen LogP contribution in [-0.2, 0) is 10.0 Å². The summed E-state index contributed by atoms with van der Waals surface area (Å²) in [5, 5.41) is 9.44. The van der Waals surface area contributed by atoms with Crippen LogP contribution in [0.3, 0.4) is 0 Å². The van der Waals surface area contributed by atoms with Crippen LogP contribution in [0.4, 0.5) is 0 Å². The summed E-state index contributed by atoms with van der Waals surface area (Å²) in [5.74, 6) is 0. The Morgan fingerprint density at radius 3 is 2.76 bits per heavy atom. The summed E-state index contributed by atoms with van der Waals surface area (Å²) in [4.78, 5) is 4.17. The van der Waals surface area contributed by atoms with Crippen molar-refractivity contribution in [2.45, 2.75) is 13.8 Å². The SMILES string of the molecule is C=C(C)S(=O)(=O)n1cc(/C(C)=C/C#N)c2cnc(Br)cc21. The largest absolute Gasteiger partial charge is 0.263 e. The van der Waals surface area contributed by atoms with Crippen molar-refractivity contribution in [2.75, 3.05) is 0 Å². The standard InChI is InChI=1S/C14H12BrN3O2S/c1-9(2)21(19,20)18-8-12(10(3)4-5-16)11-7-17-14(15)6-13(11)18/h4,6-8H,1H2,2-3H3/b10-4+. The second-order valence-electron chi connectivity index (χ2n) is 4.53. The van der Waals surface area contributed by atoms with Crippen molar-refractivity contribution in [3.05, 3.63) is 46.2 Å². The Kier molecular flexibility index (Phi) is 4.03. The van der Waals surface area contributed by atoms with Crippen LogP contribution < -0.4 is 0 Å². The van der Waals surface area contributed by atoms with Gasteiger partial charge in [-0.3, -0.25) is 0 Å². The molecule has 0 aliphatic rings. The summed E-state index contributed by atoms with van der Waals surface area (Å²) < 4.78 is 26.5. The first kappa shape index (κ1) is 15.5. The lowest BCUT2D eigenvalue weighted by Crippen LogP contribution is -2.11. The zero-order valence-corrected chi connectivity index (χ0v) is 13.9. The lowest BCUT2D eigenvalue weighted by molar-refractivity contribution is 0.595. The molecule has 0 fully saturated rings. The first-order valence-electron chi connectivity index (χ1n) is 5.93. The van der Waals surface area contributed by atoms with Gasteiger partial charge in [-0.05, 0) is 41.4 Å². The first-order chi connectivity index (χ1) is 9.78. The van der Waals surface area contributed by atoms with Crippen LogP contribution in [0.25, 0.3) is 16.5 Å². The fourth-order valence-electron chi connectivity index (χ4n) is 1.92. The minimum Gasteiger partial charge on any atom is -0.249 e. The van der Waals surface area contributed by atoms with Gasteiger partial charge >= 0.3 is 0 Å². The van der Waals surface area contributed by atoms with Crippen molar-refractivity contribution in [3.8, 4) is 6.07 Å². The summed E-state index contributed by atoms with van der Waals surface area (Å²) in [5.41, 5.74) is 1.80. The third kappa shape index (κ3) is 2.64. The van der Waals surface area contributed by atoms with E-state index in [1.54, 1.807) is 19.2 Å². The summed E-state index contributed by atoms with van der Waals surface area (Å²) in [7, 11) is -3.68. The van der Waals surface area contributed by atoms with Gasteiger partial charge in [0.2, 0.25) is 0 Å². The van der Waals surface area contributed by atoms with Gasteiger partial charge in [-0.1, -0.05) is 6.58 Å². The number of fused-ring (bicyclic) bond motifs is 1. The molecule has 2 aromatic heterocycles. The van der Waals surface area contributed by atoms with E-state index in [1.807, 2.05) is 6.07 Å². The van der Waals surface area contributed by atoms with Crippen molar-refractivity contribution >= 4 is 42.4 Å². The predicted octanol–water partition coefficient (Wildman–Crippen LogP) is 3.44. The van der Waals surface area contributed by atoms with E-state index in [0.717, 1.165) is 0 Å². The number of hydrogen-bond acceptors (Lipinski definition) is 4. The molecule has 2 heterocycles. The van der Waals surface area contributed by atoms with Gasteiger partial charge in [-0.2, -0.15) is 5.26 Å². The first-order valence-corrected chi connectivity index (χ1v) is 8.16. The molecular formula is C14H12BrN3O2S. The van der Waals surface area contributed by atoms with Gasteiger partial charge in [0.25, 0.3) is 10.0 Å². The molecule has 0 N–H and O–H groups in total. The highest BCUT2D eigenvalue weighted by molar-refractivity contribution is 9.10. The van der Waals surface area contributed by atoms with Gasteiger partial charge in [0.15, 0.2) is 0 Å². The van der Waals surface area contributed by atoms with Gasteiger partial charge in [-0.15, -0.1) is 0 Å². The van der Waals surface area contributed by atoms with Crippen molar-refractivity contribution in [1.29, 1.82) is 5.26 Å². The fraction of sp³-hybridized carbons (Fsp3) is 0.143. The van der Waals surface area contributed by atoms with Crippen LogP contribution in [0.2, 0.25) is 0 Å². The Bertz CT molecular complexity index is 918. The molecule has 0 amide bonds. The van der Waals surface area contributed by atoms with Gasteiger partial charge in [0, 0.05) is 29.4 Å². The smallest absolute Gasteiger partial charge is 0.249 e. The fourth-order valence-corrected chi connectivity index (χ4v) is 3.23. The highest BCUT2D eigenvalue weighted by atomic mass is 79.9. The molecule has 0 aliphatic carbocycles. The summed E-state index contributed by atoms with van der Waals surface area (Å²) >= 11 is 3.24. The second kappa shape index (κ2) is 5.47. The van der Waals surface area contributed by atoms with Crippen molar-refractivity contribution in [3.63, 3.8) is 0 Å². The average Bonchev–Trinajstić information content (AvgIpc) is 2.78. The summed E-state index contributed by atoms with van der Waals surface area (Å²) in [6, 6.07) is 3.57. The van der Waals surface area contributed by atoms with Crippen molar-refractivity contribution in [2.24, 2.45) is 0 Å². The van der Waals surface area contributed by atoms with E-state index in [2.05, 4.69) is 27.5 Å². The monoisotopic (exact) mass is 365 g/mol. The Hall–Kier alpha value is -1.91. The maximum absolute atomic E-state index is 12.4. The minimum absolute atomic E-state index is 0.0424. The molecule has 2 aromatic rings. The van der Waals surface area contributed by atoms with Gasteiger partial charge in [-0.25, -0.2) is 17.4 Å². The highest BCUT2D eigenvalue weighted by Crippen LogP contribution is 2.30. The van der Waals surface area contributed by atoms with Gasteiger partial charge in [0.05, 0.1) is 16.5 Å². The van der Waals surface area contributed by atoms with Crippen LogP contribution in [0, 0.1) is 11.3 Å². The van der Waals surface area contributed by atoms with E-state index in [0.29, 0.717) is 26.6 Å². The molecule has 0 atom stereocenters. The van der Waals surface area contributed by atoms with Crippen LogP contribution in [0.1, 0.15) is 19.4 Å². The molecule has 0 aliphatic heterocycles. The van der Waals surface area contributed by atoms with Crippen molar-refractivity contribution in [1.82, 2.24) is 8.96 Å². The van der Waals surface area contributed by atoms with Crippen molar-refractivity contribution < 1.29 is 8.42 Å². The zero-order valence-electron chi connectivity index (χ0n) is 11.5. The van der Waals surface area contributed by atoms with E-state index in [1.165, 1.54) is 23.2 Å². The molecule has 0 saturated heterocycles. The highest BCUT2D eigenvalue weighted by Gasteiger charge is 2.20. The minimum atomic E-state index is -3.68. The topological polar surface area (TPSA) is 75.8 Å². The second-order valence-corrected chi connectivity index (χ2v) is 7.38. The predicted molar refractivity (Wildman–Crippen MR) is 85.8 cm³/mol. The Labute approximate surface area is 131 Å². The average molecular weight is 366 g/mol. The zero-order chi connectivity index (χ0) is 15.8. The molecule has 2 rings (SSSR count). The van der Waals surface area contributed by atoms with E-state index < -0.39 is 10.0 Å². The van der Waals surface area contributed by atoms with Gasteiger partial charge < -0.3 is 0 Å². The maximum Gasteiger partial charge on any atom is 0.263 e. The number of nitriles is 1. The Morgan fingerprint density at radius 1 is 1.52 bits per heavy atom. The molecule has 0 bridgehead atoms. The van der Waals surface area contributed by atoms with Crippen LogP contribution >= 0.6 is 15.9 Å². The molecule has 0 unspecified atom stereocenters. The molecule has 0 radical (unpaired) electrons. The number of hydrogen-bond donors (Lipinski definition) is 0. The number of pyridine rings is 1. The quantitative estimate of drug-likeness (QED) is 0.616. The van der Waals surface area contributed by atoms with Crippen LogP contribution in [0.5, 0.6) is 0 Å². The molecular weight excluding hydrogens is 354 g/mol. The van der Waals surface area contributed by atoms with E-state index in [-0.39, 0.29) is 4.91 Å². The number of nitrogens with zero attached hydrogens (tertiary/aromatic N) is 3. The lowest BCUT2D eigenvalue weighted by Gasteiger charge is -2.06. The molecule has 5 nitrogen and oxygen atoms in total. The number of rotatable bonds is 3. The molecule has 108 valence electrons. The lowest BCUT2D eigenvalue weighted by atomic mass is 10.1. The van der Waals surface area contributed by atoms with E-state index in [9.17, 15) is 8.42 Å². The third-order valence-electron chi connectivity index (χ3n) is 3.03.